The van der Waals surface area contributed by atoms with E-state index in [0.29, 0.717) is 23.2 Å². The standard InChI is InChI=1S/C31H32N2O/c1-23(2)32(27-11-7-5-8-12-27)29-19-15-25(16-20-29)31(34)26-17-21-30(22-18-26)33(24(3)4)28-13-9-6-10-14-28/h5-24H,1-4H3. The first-order chi connectivity index (χ1) is 16.5. The molecule has 0 heterocycles. The van der Waals surface area contributed by atoms with Crippen LogP contribution >= 0.6 is 0 Å². The fourth-order valence-electron chi connectivity index (χ4n) is 4.38. The van der Waals surface area contributed by atoms with Gasteiger partial charge in [0.25, 0.3) is 0 Å². The lowest BCUT2D eigenvalue weighted by atomic mass is 10.0. The number of benzene rings is 4. The number of carbonyl (C=O) groups is 1. The van der Waals surface area contributed by atoms with Crippen LogP contribution in [0.15, 0.2) is 109 Å². The minimum Gasteiger partial charge on any atom is -0.339 e. The molecule has 0 saturated heterocycles. The third kappa shape index (κ3) is 5.04. The molecule has 0 saturated carbocycles. The Hall–Kier alpha value is -3.85. The van der Waals surface area contributed by atoms with Gasteiger partial charge in [-0.25, -0.2) is 0 Å². The first-order valence-electron chi connectivity index (χ1n) is 11.9. The molecule has 0 aliphatic heterocycles. The number of carbonyl (C=O) groups excluding carboxylic acids is 1. The van der Waals surface area contributed by atoms with Gasteiger partial charge in [-0.1, -0.05) is 36.4 Å². The van der Waals surface area contributed by atoms with Crippen molar-refractivity contribution in [2.75, 3.05) is 9.80 Å². The SMILES string of the molecule is CC(C)N(c1ccccc1)c1ccc(C(=O)c2ccc(N(c3ccccc3)C(C)C)cc2)cc1. The number of rotatable bonds is 8. The van der Waals surface area contributed by atoms with Crippen molar-refractivity contribution in [3.8, 4) is 0 Å². The van der Waals surface area contributed by atoms with E-state index in [1.807, 2.05) is 84.9 Å². The molecule has 0 bridgehead atoms. The molecule has 0 atom stereocenters. The van der Waals surface area contributed by atoms with Gasteiger partial charge in [0.15, 0.2) is 5.78 Å². The molecular weight excluding hydrogens is 416 g/mol. The topological polar surface area (TPSA) is 23.6 Å². The molecular formula is C31H32N2O. The van der Waals surface area contributed by atoms with E-state index in [2.05, 4.69) is 61.8 Å². The van der Waals surface area contributed by atoms with E-state index in [1.165, 1.54) is 0 Å². The zero-order valence-corrected chi connectivity index (χ0v) is 20.3. The molecule has 0 spiro atoms. The monoisotopic (exact) mass is 448 g/mol. The van der Waals surface area contributed by atoms with Gasteiger partial charge in [0.05, 0.1) is 0 Å². The molecule has 0 fully saturated rings. The summed E-state index contributed by atoms with van der Waals surface area (Å²) in [4.78, 5) is 17.7. The highest BCUT2D eigenvalue weighted by atomic mass is 16.1. The number of anilines is 4. The highest BCUT2D eigenvalue weighted by molar-refractivity contribution is 6.09. The molecule has 0 N–H and O–H groups in total. The van der Waals surface area contributed by atoms with Crippen molar-refractivity contribution in [2.45, 2.75) is 39.8 Å². The molecule has 3 heteroatoms. The zero-order valence-electron chi connectivity index (χ0n) is 20.3. The molecule has 34 heavy (non-hydrogen) atoms. The number of ketones is 1. The average Bonchev–Trinajstić information content (AvgIpc) is 2.86. The molecule has 4 aromatic rings. The van der Waals surface area contributed by atoms with Crippen LogP contribution in [0.5, 0.6) is 0 Å². The summed E-state index contributed by atoms with van der Waals surface area (Å²) in [5, 5.41) is 0. The molecule has 0 aromatic heterocycles. The van der Waals surface area contributed by atoms with Gasteiger partial charge in [-0.2, -0.15) is 0 Å². The van der Waals surface area contributed by atoms with Gasteiger partial charge in [-0.3, -0.25) is 4.79 Å². The van der Waals surface area contributed by atoms with Gasteiger partial charge in [0.2, 0.25) is 0 Å². The normalized spacial score (nSPS) is 11.0. The third-order valence-electron chi connectivity index (χ3n) is 5.92. The summed E-state index contributed by atoms with van der Waals surface area (Å²) in [6, 6.07) is 37.1. The Labute approximate surface area is 203 Å². The van der Waals surface area contributed by atoms with E-state index >= 15 is 0 Å². The minimum atomic E-state index is 0.0321. The van der Waals surface area contributed by atoms with Crippen molar-refractivity contribution >= 4 is 28.5 Å². The molecule has 0 unspecified atom stereocenters. The van der Waals surface area contributed by atoms with Crippen molar-refractivity contribution in [3.63, 3.8) is 0 Å². The Kier molecular flexibility index (Phi) is 7.12. The predicted molar refractivity (Wildman–Crippen MR) is 144 cm³/mol. The molecule has 4 rings (SSSR count). The lowest BCUT2D eigenvalue weighted by Gasteiger charge is -2.29. The Morgan fingerprint density at radius 1 is 0.471 bits per heavy atom. The van der Waals surface area contributed by atoms with Crippen molar-refractivity contribution in [1.29, 1.82) is 0 Å². The maximum atomic E-state index is 13.2. The van der Waals surface area contributed by atoms with Crippen molar-refractivity contribution < 1.29 is 4.79 Å². The van der Waals surface area contributed by atoms with E-state index < -0.39 is 0 Å². The van der Waals surface area contributed by atoms with Crippen LogP contribution < -0.4 is 9.80 Å². The summed E-state index contributed by atoms with van der Waals surface area (Å²) in [7, 11) is 0. The van der Waals surface area contributed by atoms with Gasteiger partial charge >= 0.3 is 0 Å². The van der Waals surface area contributed by atoms with Gasteiger partial charge < -0.3 is 9.80 Å². The van der Waals surface area contributed by atoms with E-state index in [4.69, 9.17) is 0 Å². The van der Waals surface area contributed by atoms with Crippen LogP contribution in [-0.4, -0.2) is 17.9 Å². The second-order valence-electron chi connectivity index (χ2n) is 9.02. The van der Waals surface area contributed by atoms with E-state index in [9.17, 15) is 4.79 Å². The summed E-state index contributed by atoms with van der Waals surface area (Å²) in [5.41, 5.74) is 5.81. The summed E-state index contributed by atoms with van der Waals surface area (Å²) >= 11 is 0. The van der Waals surface area contributed by atoms with Crippen molar-refractivity contribution in [1.82, 2.24) is 0 Å². The van der Waals surface area contributed by atoms with E-state index in [-0.39, 0.29) is 5.78 Å². The van der Waals surface area contributed by atoms with Gasteiger partial charge in [0, 0.05) is 46.0 Å². The molecule has 3 nitrogen and oxygen atoms in total. The Morgan fingerprint density at radius 3 is 1.06 bits per heavy atom. The van der Waals surface area contributed by atoms with Gasteiger partial charge in [0.1, 0.15) is 0 Å². The first kappa shape index (κ1) is 23.3. The minimum absolute atomic E-state index is 0.0321. The molecule has 0 amide bonds. The van der Waals surface area contributed by atoms with Gasteiger partial charge in [-0.15, -0.1) is 0 Å². The average molecular weight is 449 g/mol. The highest BCUT2D eigenvalue weighted by Gasteiger charge is 2.16. The maximum absolute atomic E-state index is 13.2. The highest BCUT2D eigenvalue weighted by Crippen LogP contribution is 2.30. The third-order valence-corrected chi connectivity index (χ3v) is 5.92. The van der Waals surface area contributed by atoms with Crippen LogP contribution in [0, 0.1) is 0 Å². The summed E-state index contributed by atoms with van der Waals surface area (Å²) in [6.45, 7) is 8.68. The van der Waals surface area contributed by atoms with Crippen LogP contribution in [0.2, 0.25) is 0 Å². The molecule has 4 aromatic carbocycles. The number of para-hydroxylation sites is 2. The van der Waals surface area contributed by atoms with Crippen LogP contribution in [0.3, 0.4) is 0 Å². The fraction of sp³-hybridized carbons (Fsp3) is 0.194. The van der Waals surface area contributed by atoms with Crippen molar-refractivity contribution in [3.05, 3.63) is 120 Å². The fourth-order valence-corrected chi connectivity index (χ4v) is 4.38. The summed E-state index contributed by atoms with van der Waals surface area (Å²) in [5.74, 6) is 0.0321. The van der Waals surface area contributed by atoms with Crippen LogP contribution in [0.25, 0.3) is 0 Å². The van der Waals surface area contributed by atoms with Crippen LogP contribution in [-0.2, 0) is 0 Å². The lowest BCUT2D eigenvalue weighted by molar-refractivity contribution is 0.103. The Bertz CT molecular complexity index is 1100. The molecule has 0 aliphatic rings. The quantitative estimate of drug-likeness (QED) is 0.255. The molecule has 0 radical (unpaired) electrons. The Balaban J connectivity index is 1.55. The van der Waals surface area contributed by atoms with E-state index in [0.717, 1.165) is 22.7 Å². The van der Waals surface area contributed by atoms with Crippen LogP contribution in [0.4, 0.5) is 22.7 Å². The number of hydrogen-bond acceptors (Lipinski definition) is 3. The largest absolute Gasteiger partial charge is 0.339 e. The lowest BCUT2D eigenvalue weighted by Crippen LogP contribution is -2.25. The zero-order chi connectivity index (χ0) is 24.1. The molecule has 172 valence electrons. The molecule has 0 aliphatic carbocycles. The smallest absolute Gasteiger partial charge is 0.193 e. The van der Waals surface area contributed by atoms with Crippen LogP contribution in [0.1, 0.15) is 43.6 Å². The number of hydrogen-bond donors (Lipinski definition) is 0. The number of nitrogens with zero attached hydrogens (tertiary/aromatic N) is 2. The second-order valence-corrected chi connectivity index (χ2v) is 9.02. The van der Waals surface area contributed by atoms with E-state index in [1.54, 1.807) is 0 Å². The van der Waals surface area contributed by atoms with Gasteiger partial charge in [-0.05, 0) is 100 Å². The maximum Gasteiger partial charge on any atom is 0.193 e. The van der Waals surface area contributed by atoms with Crippen molar-refractivity contribution in [2.24, 2.45) is 0 Å². The predicted octanol–water partition coefficient (Wildman–Crippen LogP) is 8.01. The second kappa shape index (κ2) is 10.4. The summed E-state index contributed by atoms with van der Waals surface area (Å²) in [6.07, 6.45) is 0. The Morgan fingerprint density at radius 2 is 0.765 bits per heavy atom. The first-order valence-corrected chi connectivity index (χ1v) is 11.9. The summed E-state index contributed by atoms with van der Waals surface area (Å²) < 4.78 is 0.